The number of hydrogen-bond donors (Lipinski definition) is 1. The van der Waals surface area contributed by atoms with Gasteiger partial charge in [0.05, 0.1) is 13.7 Å². The molecule has 1 fully saturated rings. The Balaban J connectivity index is 1.77. The number of rotatable bonds is 5. The highest BCUT2D eigenvalue weighted by atomic mass is 16.5. The summed E-state index contributed by atoms with van der Waals surface area (Å²) >= 11 is 0. The summed E-state index contributed by atoms with van der Waals surface area (Å²) < 4.78 is 10.8. The van der Waals surface area contributed by atoms with E-state index in [0.717, 1.165) is 22.4 Å². The lowest BCUT2D eigenvalue weighted by Crippen LogP contribution is -2.45. The lowest BCUT2D eigenvalue weighted by molar-refractivity contribution is -0.156. The Bertz CT molecular complexity index is 702. The van der Waals surface area contributed by atoms with Gasteiger partial charge in [-0.1, -0.05) is 42.5 Å². The molecule has 0 spiro atoms. The number of methoxy groups -OCH3 is 1. The van der Waals surface area contributed by atoms with E-state index in [-0.39, 0.29) is 0 Å². The van der Waals surface area contributed by atoms with E-state index < -0.39 is 12.1 Å². The molecule has 126 valence electrons. The third-order valence-electron chi connectivity index (χ3n) is 4.21. The van der Waals surface area contributed by atoms with Gasteiger partial charge in [-0.25, -0.2) is 4.79 Å². The van der Waals surface area contributed by atoms with Crippen LogP contribution in [0.4, 0.5) is 0 Å². The second kappa shape index (κ2) is 7.47. The number of nitrogens with zero attached hydrogens (tertiary/aromatic N) is 1. The fourth-order valence-corrected chi connectivity index (χ4v) is 2.92. The van der Waals surface area contributed by atoms with E-state index >= 15 is 0 Å². The SMILES string of the molecule is COc1cc(-c2ccccc2)ccc1CN1CCOC(C(=O)O)C1. The molecule has 5 nitrogen and oxygen atoms in total. The Morgan fingerprint density at radius 3 is 2.75 bits per heavy atom. The molecule has 1 heterocycles. The van der Waals surface area contributed by atoms with Crippen LogP contribution in [0, 0.1) is 0 Å². The fraction of sp³-hybridized carbons (Fsp3) is 0.316. The first-order chi connectivity index (χ1) is 11.7. The number of aliphatic carboxylic acids is 1. The number of carbonyl (C=O) groups is 1. The normalized spacial score (nSPS) is 18.3. The third kappa shape index (κ3) is 3.75. The van der Waals surface area contributed by atoms with Gasteiger partial charge >= 0.3 is 5.97 Å². The maximum absolute atomic E-state index is 11.1. The van der Waals surface area contributed by atoms with Gasteiger partial charge in [-0.15, -0.1) is 0 Å². The Morgan fingerprint density at radius 1 is 1.25 bits per heavy atom. The van der Waals surface area contributed by atoms with E-state index in [1.807, 2.05) is 30.3 Å². The predicted octanol–water partition coefficient (Wildman–Crippen LogP) is 2.65. The summed E-state index contributed by atoms with van der Waals surface area (Å²) in [6.07, 6.45) is -0.756. The Kier molecular flexibility index (Phi) is 5.13. The van der Waals surface area contributed by atoms with Crippen molar-refractivity contribution in [2.45, 2.75) is 12.6 Å². The molecule has 0 radical (unpaired) electrons. The van der Waals surface area contributed by atoms with Gasteiger partial charge in [0.25, 0.3) is 0 Å². The largest absolute Gasteiger partial charge is 0.496 e. The summed E-state index contributed by atoms with van der Waals surface area (Å²) in [7, 11) is 1.66. The molecule has 1 N–H and O–H groups in total. The minimum Gasteiger partial charge on any atom is -0.496 e. The van der Waals surface area contributed by atoms with Crippen LogP contribution in [0.2, 0.25) is 0 Å². The molecule has 1 saturated heterocycles. The van der Waals surface area contributed by atoms with Gasteiger partial charge in [0, 0.05) is 25.2 Å². The van der Waals surface area contributed by atoms with Crippen LogP contribution in [-0.2, 0) is 16.1 Å². The van der Waals surface area contributed by atoms with Crippen LogP contribution >= 0.6 is 0 Å². The minimum absolute atomic E-state index is 0.388. The van der Waals surface area contributed by atoms with E-state index in [9.17, 15) is 4.79 Å². The van der Waals surface area contributed by atoms with Crippen molar-refractivity contribution in [2.24, 2.45) is 0 Å². The second-order valence-electron chi connectivity index (χ2n) is 5.83. The smallest absolute Gasteiger partial charge is 0.334 e. The van der Waals surface area contributed by atoms with Crippen molar-refractivity contribution in [1.82, 2.24) is 4.90 Å². The van der Waals surface area contributed by atoms with Crippen LogP contribution in [-0.4, -0.2) is 48.9 Å². The molecule has 0 saturated carbocycles. The van der Waals surface area contributed by atoms with Crippen molar-refractivity contribution in [3.05, 3.63) is 54.1 Å². The topological polar surface area (TPSA) is 59.0 Å². The van der Waals surface area contributed by atoms with Gasteiger partial charge in [-0.3, -0.25) is 4.90 Å². The highest BCUT2D eigenvalue weighted by Gasteiger charge is 2.26. The first-order valence-electron chi connectivity index (χ1n) is 7.96. The van der Waals surface area contributed by atoms with E-state index in [1.54, 1.807) is 7.11 Å². The van der Waals surface area contributed by atoms with Crippen LogP contribution < -0.4 is 4.74 Å². The molecule has 2 aromatic rings. The van der Waals surface area contributed by atoms with E-state index in [4.69, 9.17) is 14.6 Å². The monoisotopic (exact) mass is 327 g/mol. The zero-order valence-corrected chi connectivity index (χ0v) is 13.6. The molecule has 24 heavy (non-hydrogen) atoms. The van der Waals surface area contributed by atoms with Gasteiger partial charge < -0.3 is 14.6 Å². The van der Waals surface area contributed by atoms with E-state index in [0.29, 0.717) is 26.2 Å². The van der Waals surface area contributed by atoms with Crippen LogP contribution in [0.3, 0.4) is 0 Å². The number of hydrogen-bond acceptors (Lipinski definition) is 4. The molecule has 1 unspecified atom stereocenters. The molecule has 1 aliphatic heterocycles. The van der Waals surface area contributed by atoms with Crippen LogP contribution in [0.5, 0.6) is 5.75 Å². The second-order valence-corrected chi connectivity index (χ2v) is 5.83. The molecule has 2 aromatic carbocycles. The van der Waals surface area contributed by atoms with E-state index in [1.165, 1.54) is 0 Å². The number of carboxylic acids is 1. The van der Waals surface area contributed by atoms with E-state index in [2.05, 4.69) is 23.1 Å². The van der Waals surface area contributed by atoms with Crippen LogP contribution in [0.25, 0.3) is 11.1 Å². The number of ether oxygens (including phenoxy) is 2. The summed E-state index contributed by atoms with van der Waals surface area (Å²) in [4.78, 5) is 13.2. The number of carboxylic acid groups (broad SMARTS) is 1. The van der Waals surface area contributed by atoms with Crippen molar-refractivity contribution in [3.8, 4) is 16.9 Å². The summed E-state index contributed by atoms with van der Waals surface area (Å²) in [6.45, 7) is 2.18. The first kappa shape index (κ1) is 16.5. The summed E-state index contributed by atoms with van der Waals surface area (Å²) in [6, 6.07) is 16.3. The molecule has 5 heteroatoms. The standard InChI is InChI=1S/C19H21NO4/c1-23-17-11-15(14-5-3-2-4-6-14)7-8-16(17)12-20-9-10-24-18(13-20)19(21)22/h2-8,11,18H,9-10,12-13H2,1H3,(H,21,22). The molecule has 1 aliphatic rings. The number of morpholine rings is 1. The molecular weight excluding hydrogens is 306 g/mol. The van der Waals surface area contributed by atoms with Crippen molar-refractivity contribution < 1.29 is 19.4 Å². The summed E-state index contributed by atoms with van der Waals surface area (Å²) in [5, 5.41) is 9.11. The lowest BCUT2D eigenvalue weighted by Gasteiger charge is -2.31. The van der Waals surface area contributed by atoms with Gasteiger partial charge in [0.2, 0.25) is 0 Å². The molecule has 3 rings (SSSR count). The molecule has 0 aromatic heterocycles. The Hall–Kier alpha value is -2.37. The summed E-state index contributed by atoms with van der Waals surface area (Å²) in [5.74, 6) is -0.0965. The third-order valence-corrected chi connectivity index (χ3v) is 4.21. The lowest BCUT2D eigenvalue weighted by atomic mass is 10.0. The highest BCUT2D eigenvalue weighted by Crippen LogP contribution is 2.28. The Labute approximate surface area is 141 Å². The van der Waals surface area contributed by atoms with Gasteiger partial charge in [0.15, 0.2) is 6.10 Å². The van der Waals surface area contributed by atoms with Crippen molar-refractivity contribution in [2.75, 3.05) is 26.8 Å². The summed E-state index contributed by atoms with van der Waals surface area (Å²) in [5.41, 5.74) is 3.28. The highest BCUT2D eigenvalue weighted by molar-refractivity contribution is 5.72. The fourth-order valence-electron chi connectivity index (χ4n) is 2.92. The van der Waals surface area contributed by atoms with Crippen LogP contribution in [0.15, 0.2) is 48.5 Å². The number of benzene rings is 2. The molecule has 0 aliphatic carbocycles. The average Bonchev–Trinajstić information content (AvgIpc) is 2.63. The predicted molar refractivity (Wildman–Crippen MR) is 91.1 cm³/mol. The maximum Gasteiger partial charge on any atom is 0.334 e. The zero-order chi connectivity index (χ0) is 16.9. The molecule has 0 bridgehead atoms. The minimum atomic E-state index is -0.911. The van der Waals surface area contributed by atoms with Crippen molar-refractivity contribution >= 4 is 5.97 Å². The molecular formula is C19H21NO4. The Morgan fingerprint density at radius 2 is 2.04 bits per heavy atom. The van der Waals surface area contributed by atoms with Gasteiger partial charge in [-0.05, 0) is 17.2 Å². The molecule has 0 amide bonds. The zero-order valence-electron chi connectivity index (χ0n) is 13.6. The quantitative estimate of drug-likeness (QED) is 0.915. The van der Waals surface area contributed by atoms with Crippen LogP contribution in [0.1, 0.15) is 5.56 Å². The average molecular weight is 327 g/mol. The molecule has 1 atom stereocenters. The van der Waals surface area contributed by atoms with Crippen molar-refractivity contribution in [1.29, 1.82) is 0 Å². The van der Waals surface area contributed by atoms with Gasteiger partial charge in [-0.2, -0.15) is 0 Å². The maximum atomic E-state index is 11.1. The van der Waals surface area contributed by atoms with Gasteiger partial charge in [0.1, 0.15) is 5.75 Å². The first-order valence-corrected chi connectivity index (χ1v) is 7.96. The van der Waals surface area contributed by atoms with Crippen molar-refractivity contribution in [3.63, 3.8) is 0 Å².